The van der Waals surface area contributed by atoms with Crippen molar-refractivity contribution in [3.05, 3.63) is 65.7 Å². The molecule has 0 aromatic heterocycles. The van der Waals surface area contributed by atoms with Gasteiger partial charge in [-0.05, 0) is 30.2 Å². The van der Waals surface area contributed by atoms with Gasteiger partial charge in [0, 0.05) is 12.0 Å². The van der Waals surface area contributed by atoms with Crippen molar-refractivity contribution in [2.24, 2.45) is 0 Å². The second kappa shape index (κ2) is 8.80. The van der Waals surface area contributed by atoms with E-state index in [0.29, 0.717) is 6.61 Å². The molecule has 0 radical (unpaired) electrons. The highest BCUT2D eigenvalue weighted by Gasteiger charge is 2.35. The standard InChI is InChI=1S/C20H25N3O3/c1-14-19(16-8-10-17(25-2)11-9-16)20(23-22-14)21-18(24)13-26-12-15-6-4-3-5-7-15/h3-11,14,19-20,22-23H,12-13H2,1-2H3,(H,21,24). The van der Waals surface area contributed by atoms with Crippen LogP contribution in [-0.4, -0.2) is 31.8 Å². The third kappa shape index (κ3) is 4.60. The number of ether oxygens (including phenoxy) is 2. The Labute approximate surface area is 153 Å². The van der Waals surface area contributed by atoms with Crippen molar-refractivity contribution in [3.63, 3.8) is 0 Å². The lowest BCUT2D eigenvalue weighted by atomic mass is 9.91. The van der Waals surface area contributed by atoms with Crippen molar-refractivity contribution in [3.8, 4) is 5.75 Å². The molecule has 1 amide bonds. The monoisotopic (exact) mass is 355 g/mol. The number of hydrogen-bond donors (Lipinski definition) is 3. The minimum Gasteiger partial charge on any atom is -0.497 e. The number of carbonyl (C=O) groups is 1. The van der Waals surface area contributed by atoms with Gasteiger partial charge in [-0.2, -0.15) is 0 Å². The number of nitrogens with one attached hydrogen (secondary N) is 3. The van der Waals surface area contributed by atoms with Crippen LogP contribution in [0.15, 0.2) is 54.6 Å². The van der Waals surface area contributed by atoms with Gasteiger partial charge in [0.05, 0.1) is 13.7 Å². The van der Waals surface area contributed by atoms with Crippen molar-refractivity contribution in [2.45, 2.75) is 31.7 Å². The predicted molar refractivity (Wildman–Crippen MR) is 99.5 cm³/mol. The Hall–Kier alpha value is -2.41. The molecule has 3 rings (SSSR count). The molecule has 26 heavy (non-hydrogen) atoms. The van der Waals surface area contributed by atoms with Crippen LogP contribution in [0.4, 0.5) is 0 Å². The first-order chi connectivity index (χ1) is 12.7. The number of benzene rings is 2. The molecule has 2 aromatic carbocycles. The highest BCUT2D eigenvalue weighted by atomic mass is 16.5. The number of amides is 1. The van der Waals surface area contributed by atoms with E-state index in [9.17, 15) is 4.79 Å². The van der Waals surface area contributed by atoms with Gasteiger partial charge >= 0.3 is 0 Å². The summed E-state index contributed by atoms with van der Waals surface area (Å²) in [5.74, 6) is 0.780. The van der Waals surface area contributed by atoms with Crippen LogP contribution in [0.2, 0.25) is 0 Å². The van der Waals surface area contributed by atoms with Gasteiger partial charge in [0.15, 0.2) is 0 Å². The van der Waals surface area contributed by atoms with E-state index in [-0.39, 0.29) is 30.6 Å². The summed E-state index contributed by atoms with van der Waals surface area (Å²) < 4.78 is 10.7. The zero-order valence-corrected chi connectivity index (χ0v) is 15.1. The normalized spacial score (nSPS) is 22.2. The fourth-order valence-electron chi connectivity index (χ4n) is 3.17. The molecule has 3 N–H and O–H groups in total. The molecule has 0 saturated carbocycles. The molecule has 2 aromatic rings. The molecule has 0 bridgehead atoms. The molecular weight excluding hydrogens is 330 g/mol. The molecule has 0 aliphatic carbocycles. The number of methoxy groups -OCH3 is 1. The predicted octanol–water partition coefficient (Wildman–Crippen LogP) is 1.93. The highest BCUT2D eigenvalue weighted by Crippen LogP contribution is 2.27. The van der Waals surface area contributed by atoms with E-state index < -0.39 is 0 Å². The lowest BCUT2D eigenvalue weighted by molar-refractivity contribution is -0.127. The van der Waals surface area contributed by atoms with E-state index in [1.807, 2.05) is 54.6 Å². The first kappa shape index (κ1) is 18.4. The van der Waals surface area contributed by atoms with E-state index >= 15 is 0 Å². The Kier molecular flexibility index (Phi) is 6.22. The van der Waals surface area contributed by atoms with Crippen molar-refractivity contribution < 1.29 is 14.3 Å². The number of carbonyl (C=O) groups excluding carboxylic acids is 1. The summed E-state index contributed by atoms with van der Waals surface area (Å²) in [5, 5.41) is 3.00. The summed E-state index contributed by atoms with van der Waals surface area (Å²) in [7, 11) is 1.65. The minimum absolute atomic E-state index is 0.0246. The average Bonchev–Trinajstić information content (AvgIpc) is 3.03. The van der Waals surface area contributed by atoms with Crippen LogP contribution in [0.5, 0.6) is 5.75 Å². The fourth-order valence-corrected chi connectivity index (χ4v) is 3.17. The molecule has 1 fully saturated rings. The van der Waals surface area contributed by atoms with Crippen LogP contribution < -0.4 is 20.9 Å². The Morgan fingerprint density at radius 2 is 1.81 bits per heavy atom. The van der Waals surface area contributed by atoms with Crippen molar-refractivity contribution in [1.82, 2.24) is 16.2 Å². The van der Waals surface area contributed by atoms with Crippen LogP contribution in [0.1, 0.15) is 24.0 Å². The highest BCUT2D eigenvalue weighted by molar-refractivity contribution is 5.77. The third-order valence-corrected chi connectivity index (χ3v) is 4.53. The van der Waals surface area contributed by atoms with E-state index in [0.717, 1.165) is 16.9 Å². The Morgan fingerprint density at radius 3 is 2.50 bits per heavy atom. The van der Waals surface area contributed by atoms with Crippen molar-refractivity contribution in [1.29, 1.82) is 0 Å². The van der Waals surface area contributed by atoms with Crippen LogP contribution in [0, 0.1) is 0 Å². The molecule has 6 heteroatoms. The van der Waals surface area contributed by atoms with Crippen LogP contribution in [0.25, 0.3) is 0 Å². The van der Waals surface area contributed by atoms with Gasteiger partial charge in [0.25, 0.3) is 0 Å². The number of hydrazine groups is 1. The Balaban J connectivity index is 1.54. The lowest BCUT2D eigenvalue weighted by Gasteiger charge is -2.22. The van der Waals surface area contributed by atoms with E-state index in [1.54, 1.807) is 7.11 Å². The lowest BCUT2D eigenvalue weighted by Crippen LogP contribution is -2.47. The Bertz CT molecular complexity index is 706. The van der Waals surface area contributed by atoms with Gasteiger partial charge in [-0.1, -0.05) is 42.5 Å². The van der Waals surface area contributed by atoms with Gasteiger partial charge in [-0.15, -0.1) is 0 Å². The SMILES string of the molecule is COc1ccc(C2C(C)NNC2NC(=O)COCc2ccccc2)cc1. The first-order valence-electron chi connectivity index (χ1n) is 8.73. The van der Waals surface area contributed by atoms with Gasteiger partial charge in [-0.25, -0.2) is 5.43 Å². The van der Waals surface area contributed by atoms with Crippen molar-refractivity contribution >= 4 is 5.91 Å². The van der Waals surface area contributed by atoms with Crippen molar-refractivity contribution in [2.75, 3.05) is 13.7 Å². The zero-order valence-electron chi connectivity index (χ0n) is 15.1. The molecule has 1 aliphatic heterocycles. The zero-order chi connectivity index (χ0) is 18.4. The van der Waals surface area contributed by atoms with Crippen LogP contribution >= 0.6 is 0 Å². The summed E-state index contributed by atoms with van der Waals surface area (Å²) in [4.78, 5) is 12.2. The molecule has 0 spiro atoms. The quantitative estimate of drug-likeness (QED) is 0.708. The van der Waals surface area contributed by atoms with E-state index in [2.05, 4.69) is 23.1 Å². The van der Waals surface area contributed by atoms with E-state index in [4.69, 9.17) is 9.47 Å². The second-order valence-corrected chi connectivity index (χ2v) is 6.40. The van der Waals surface area contributed by atoms with Gasteiger partial charge in [-0.3, -0.25) is 10.2 Å². The fraction of sp³-hybridized carbons (Fsp3) is 0.350. The molecular formula is C20H25N3O3. The van der Waals surface area contributed by atoms with Gasteiger partial charge < -0.3 is 14.8 Å². The largest absolute Gasteiger partial charge is 0.497 e. The summed E-state index contributed by atoms with van der Waals surface area (Å²) >= 11 is 0. The minimum atomic E-state index is -0.203. The summed E-state index contributed by atoms with van der Waals surface area (Å²) in [6, 6.07) is 17.9. The summed E-state index contributed by atoms with van der Waals surface area (Å²) in [6.07, 6.45) is -0.203. The van der Waals surface area contributed by atoms with Gasteiger partial charge in [0.2, 0.25) is 5.91 Å². The maximum Gasteiger partial charge on any atom is 0.247 e. The van der Waals surface area contributed by atoms with Crippen LogP contribution in [0.3, 0.4) is 0 Å². The topological polar surface area (TPSA) is 71.6 Å². The average molecular weight is 355 g/mol. The first-order valence-corrected chi connectivity index (χ1v) is 8.73. The third-order valence-electron chi connectivity index (χ3n) is 4.53. The summed E-state index contributed by atoms with van der Waals surface area (Å²) in [6.45, 7) is 2.53. The maximum atomic E-state index is 12.2. The molecule has 6 nitrogen and oxygen atoms in total. The molecule has 1 saturated heterocycles. The molecule has 3 unspecified atom stereocenters. The molecule has 138 valence electrons. The van der Waals surface area contributed by atoms with Gasteiger partial charge in [0.1, 0.15) is 18.5 Å². The Morgan fingerprint density at radius 1 is 1.08 bits per heavy atom. The smallest absolute Gasteiger partial charge is 0.247 e. The molecule has 1 heterocycles. The second-order valence-electron chi connectivity index (χ2n) is 6.40. The molecule has 1 aliphatic rings. The maximum absolute atomic E-state index is 12.2. The number of rotatable bonds is 7. The number of hydrogen-bond acceptors (Lipinski definition) is 5. The van der Waals surface area contributed by atoms with E-state index in [1.165, 1.54) is 0 Å². The molecule has 3 atom stereocenters. The summed E-state index contributed by atoms with van der Waals surface area (Å²) in [5.41, 5.74) is 8.53. The van der Waals surface area contributed by atoms with Crippen LogP contribution in [-0.2, 0) is 16.1 Å².